The summed E-state index contributed by atoms with van der Waals surface area (Å²) in [5, 5.41) is 8.84. The highest BCUT2D eigenvalue weighted by Crippen LogP contribution is 2.21. The van der Waals surface area contributed by atoms with E-state index in [1.807, 2.05) is 12.1 Å². The van der Waals surface area contributed by atoms with Crippen LogP contribution in [0.25, 0.3) is 0 Å². The van der Waals surface area contributed by atoms with Gasteiger partial charge in [-0.2, -0.15) is 5.26 Å². The largest absolute Gasteiger partial charge is 0.297 e. The van der Waals surface area contributed by atoms with Crippen molar-refractivity contribution in [3.63, 3.8) is 0 Å². The van der Waals surface area contributed by atoms with E-state index in [4.69, 9.17) is 5.26 Å². The van der Waals surface area contributed by atoms with E-state index in [9.17, 15) is 0 Å². The molecule has 17 heavy (non-hydrogen) atoms. The van der Waals surface area contributed by atoms with Crippen LogP contribution in [0.3, 0.4) is 0 Å². The molecule has 0 aliphatic heterocycles. The van der Waals surface area contributed by atoms with E-state index < -0.39 is 0 Å². The molecule has 0 bridgehead atoms. The van der Waals surface area contributed by atoms with E-state index in [1.165, 1.54) is 11.1 Å². The Bertz CT molecular complexity index is 427. The van der Waals surface area contributed by atoms with E-state index >= 15 is 0 Å². The normalized spacial score (nSPS) is 11.6. The Kier molecular flexibility index (Phi) is 4.31. The number of hydrogen-bond donors (Lipinski definition) is 0. The minimum atomic E-state index is 0.209. The molecule has 0 saturated carbocycles. The van der Waals surface area contributed by atoms with Crippen LogP contribution in [0.1, 0.15) is 43.9 Å². The smallest absolute Gasteiger partial charge is 0.0991 e. The summed E-state index contributed by atoms with van der Waals surface area (Å²) in [5.41, 5.74) is 3.44. The summed E-state index contributed by atoms with van der Waals surface area (Å²) < 4.78 is 0. The van der Waals surface area contributed by atoms with E-state index in [1.54, 1.807) is 0 Å². The average molecular weight is 230 g/mol. The predicted molar refractivity (Wildman–Crippen MR) is 71.7 cm³/mol. The van der Waals surface area contributed by atoms with Gasteiger partial charge in [-0.25, -0.2) is 0 Å². The number of aryl methyl sites for hydroxylation is 1. The Balaban J connectivity index is 2.86. The van der Waals surface area contributed by atoms with E-state index in [2.05, 4.69) is 51.8 Å². The molecule has 0 spiro atoms. The lowest BCUT2D eigenvalue weighted by molar-refractivity contribution is 0.143. The Morgan fingerprint density at radius 3 is 2.47 bits per heavy atom. The summed E-state index contributed by atoms with van der Waals surface area (Å²) in [6.45, 7) is 9.72. The number of nitrogens with zero attached hydrogens (tertiary/aromatic N) is 2. The van der Waals surface area contributed by atoms with Crippen molar-refractivity contribution < 1.29 is 0 Å². The third-order valence-electron chi connectivity index (χ3n) is 3.78. The van der Waals surface area contributed by atoms with Crippen molar-refractivity contribution in [1.29, 1.82) is 5.26 Å². The molecule has 0 N–H and O–H groups in total. The van der Waals surface area contributed by atoms with Gasteiger partial charge in [0, 0.05) is 12.1 Å². The van der Waals surface area contributed by atoms with Crippen LogP contribution < -0.4 is 0 Å². The van der Waals surface area contributed by atoms with Crippen LogP contribution in [0.2, 0.25) is 0 Å². The molecular weight excluding hydrogens is 208 g/mol. The third-order valence-corrected chi connectivity index (χ3v) is 3.78. The molecule has 0 unspecified atom stereocenters. The van der Waals surface area contributed by atoms with Crippen LogP contribution in [0.5, 0.6) is 0 Å². The van der Waals surface area contributed by atoms with E-state index in [-0.39, 0.29) is 5.54 Å². The Hall–Kier alpha value is -1.33. The molecule has 0 saturated heterocycles. The molecule has 1 aromatic carbocycles. The lowest BCUT2D eigenvalue weighted by atomic mass is 9.98. The van der Waals surface area contributed by atoms with Crippen LogP contribution in [-0.4, -0.2) is 17.5 Å². The molecule has 1 rings (SSSR count). The molecule has 2 nitrogen and oxygen atoms in total. The van der Waals surface area contributed by atoms with Crippen molar-refractivity contribution >= 4 is 0 Å². The van der Waals surface area contributed by atoms with Gasteiger partial charge in [0.25, 0.3) is 0 Å². The molecule has 0 aliphatic carbocycles. The molecule has 1 aromatic rings. The topological polar surface area (TPSA) is 27.0 Å². The predicted octanol–water partition coefficient (Wildman–Crippen LogP) is 3.49. The van der Waals surface area contributed by atoms with Gasteiger partial charge in [-0.3, -0.25) is 4.90 Å². The van der Waals surface area contributed by atoms with Crippen LogP contribution in [0.4, 0.5) is 0 Å². The van der Waals surface area contributed by atoms with Gasteiger partial charge in [0.1, 0.15) is 0 Å². The SMILES string of the molecule is CCC(C)(C)N(C)Cc1ccc(C#N)cc1C. The zero-order valence-electron chi connectivity index (χ0n) is 11.5. The highest BCUT2D eigenvalue weighted by molar-refractivity contribution is 5.37. The highest BCUT2D eigenvalue weighted by Gasteiger charge is 2.21. The second-order valence-electron chi connectivity index (χ2n) is 5.28. The number of hydrogen-bond acceptors (Lipinski definition) is 2. The van der Waals surface area contributed by atoms with E-state index in [0.29, 0.717) is 0 Å². The average Bonchev–Trinajstić information content (AvgIpc) is 2.31. The first-order valence-corrected chi connectivity index (χ1v) is 6.11. The molecule has 0 aliphatic rings. The Morgan fingerprint density at radius 2 is 2.00 bits per heavy atom. The molecule has 0 aromatic heterocycles. The number of benzene rings is 1. The van der Waals surface area contributed by atoms with Crippen LogP contribution in [0, 0.1) is 18.3 Å². The first-order valence-electron chi connectivity index (χ1n) is 6.11. The highest BCUT2D eigenvalue weighted by atomic mass is 15.2. The van der Waals surface area contributed by atoms with Crippen molar-refractivity contribution in [2.24, 2.45) is 0 Å². The molecule has 0 radical (unpaired) electrons. The minimum Gasteiger partial charge on any atom is -0.297 e. The van der Waals surface area contributed by atoms with Crippen molar-refractivity contribution in [3.05, 3.63) is 34.9 Å². The summed E-state index contributed by atoms with van der Waals surface area (Å²) in [7, 11) is 2.15. The van der Waals surface area contributed by atoms with Crippen molar-refractivity contribution in [3.8, 4) is 6.07 Å². The second-order valence-corrected chi connectivity index (χ2v) is 5.28. The summed E-state index contributed by atoms with van der Waals surface area (Å²) in [4.78, 5) is 2.36. The van der Waals surface area contributed by atoms with Gasteiger partial charge in [0.2, 0.25) is 0 Å². The summed E-state index contributed by atoms with van der Waals surface area (Å²) in [6, 6.07) is 8.10. The maximum atomic E-state index is 8.84. The van der Waals surface area contributed by atoms with Gasteiger partial charge in [0.05, 0.1) is 11.6 Å². The third kappa shape index (κ3) is 3.31. The van der Waals surface area contributed by atoms with Gasteiger partial charge < -0.3 is 0 Å². The summed E-state index contributed by atoms with van der Waals surface area (Å²) in [6.07, 6.45) is 1.12. The molecular formula is C15H22N2. The molecule has 2 heteroatoms. The monoisotopic (exact) mass is 230 g/mol. The van der Waals surface area contributed by atoms with Crippen molar-refractivity contribution in [1.82, 2.24) is 4.90 Å². The fourth-order valence-corrected chi connectivity index (χ4v) is 1.68. The molecule has 0 atom stereocenters. The Morgan fingerprint density at radius 1 is 1.35 bits per heavy atom. The number of nitriles is 1. The fourth-order valence-electron chi connectivity index (χ4n) is 1.68. The zero-order valence-corrected chi connectivity index (χ0v) is 11.5. The van der Waals surface area contributed by atoms with Gasteiger partial charge in [-0.05, 0) is 57.5 Å². The summed E-state index contributed by atoms with van der Waals surface area (Å²) >= 11 is 0. The van der Waals surface area contributed by atoms with E-state index in [0.717, 1.165) is 18.5 Å². The minimum absolute atomic E-state index is 0.209. The lowest BCUT2D eigenvalue weighted by Crippen LogP contribution is -2.39. The van der Waals surface area contributed by atoms with Crippen LogP contribution in [-0.2, 0) is 6.54 Å². The second kappa shape index (κ2) is 5.33. The quantitative estimate of drug-likeness (QED) is 0.791. The van der Waals surface area contributed by atoms with Crippen molar-refractivity contribution in [2.45, 2.75) is 46.2 Å². The first-order chi connectivity index (χ1) is 7.90. The number of rotatable bonds is 4. The van der Waals surface area contributed by atoms with Gasteiger partial charge in [0.15, 0.2) is 0 Å². The Labute approximate surface area is 105 Å². The first kappa shape index (κ1) is 13.7. The lowest BCUT2D eigenvalue weighted by Gasteiger charge is -2.35. The maximum absolute atomic E-state index is 8.84. The van der Waals surface area contributed by atoms with Crippen molar-refractivity contribution in [2.75, 3.05) is 7.05 Å². The molecule has 0 amide bonds. The van der Waals surface area contributed by atoms with Crippen LogP contribution >= 0.6 is 0 Å². The van der Waals surface area contributed by atoms with Crippen LogP contribution in [0.15, 0.2) is 18.2 Å². The fraction of sp³-hybridized carbons (Fsp3) is 0.533. The molecule has 0 fully saturated rings. The van der Waals surface area contributed by atoms with Gasteiger partial charge in [-0.15, -0.1) is 0 Å². The maximum Gasteiger partial charge on any atom is 0.0991 e. The summed E-state index contributed by atoms with van der Waals surface area (Å²) in [5.74, 6) is 0. The van der Waals surface area contributed by atoms with Gasteiger partial charge in [-0.1, -0.05) is 13.0 Å². The zero-order chi connectivity index (χ0) is 13.1. The standard InChI is InChI=1S/C15H22N2/c1-6-15(3,4)17(5)11-14-8-7-13(10-16)9-12(14)2/h7-9H,6,11H2,1-5H3. The molecule has 92 valence electrons. The van der Waals surface area contributed by atoms with Gasteiger partial charge >= 0.3 is 0 Å². The molecule has 0 heterocycles.